The van der Waals surface area contributed by atoms with Crippen LogP contribution in [-0.2, 0) is 6.42 Å². The molecule has 116 valence electrons. The van der Waals surface area contributed by atoms with Gasteiger partial charge in [0.2, 0.25) is 0 Å². The van der Waals surface area contributed by atoms with Crippen molar-refractivity contribution in [3.05, 3.63) is 35.9 Å². The number of nitrogens with two attached hydrogens (primary N) is 1. The maximum absolute atomic E-state index is 10.4. The summed E-state index contributed by atoms with van der Waals surface area (Å²) in [5.74, 6) is 1.75. The first-order chi connectivity index (χ1) is 10.2. The first kappa shape index (κ1) is 15.0. The van der Waals surface area contributed by atoms with Gasteiger partial charge in [-0.25, -0.2) is 0 Å². The SMILES string of the molecule is NC(Cc1ccccc1)C(O)CN(CC1CC1)CC1CC1. The van der Waals surface area contributed by atoms with E-state index in [1.54, 1.807) is 0 Å². The molecule has 0 radical (unpaired) electrons. The summed E-state index contributed by atoms with van der Waals surface area (Å²) in [6, 6.07) is 10.1. The Morgan fingerprint density at radius 3 is 2.14 bits per heavy atom. The first-order valence-electron chi connectivity index (χ1n) is 8.40. The van der Waals surface area contributed by atoms with Crippen LogP contribution in [0.2, 0.25) is 0 Å². The standard InChI is InChI=1S/C18H28N2O/c19-17(10-14-4-2-1-3-5-14)18(21)13-20(11-15-6-7-15)12-16-8-9-16/h1-5,15-18,21H,6-13,19H2. The number of aliphatic hydroxyl groups is 1. The molecular weight excluding hydrogens is 260 g/mol. The molecule has 3 heteroatoms. The second-order valence-electron chi connectivity index (χ2n) is 7.03. The highest BCUT2D eigenvalue weighted by Gasteiger charge is 2.30. The van der Waals surface area contributed by atoms with Gasteiger partial charge in [0.05, 0.1) is 6.10 Å². The second kappa shape index (κ2) is 6.91. The van der Waals surface area contributed by atoms with Crippen molar-refractivity contribution in [1.29, 1.82) is 0 Å². The second-order valence-corrected chi connectivity index (χ2v) is 7.03. The van der Waals surface area contributed by atoms with Crippen LogP contribution in [0.5, 0.6) is 0 Å². The number of hydrogen-bond acceptors (Lipinski definition) is 3. The minimum atomic E-state index is -0.428. The third-order valence-electron chi connectivity index (χ3n) is 4.68. The van der Waals surface area contributed by atoms with E-state index in [1.807, 2.05) is 18.2 Å². The van der Waals surface area contributed by atoms with Crippen LogP contribution in [0.25, 0.3) is 0 Å². The molecule has 21 heavy (non-hydrogen) atoms. The summed E-state index contributed by atoms with van der Waals surface area (Å²) in [4.78, 5) is 2.46. The van der Waals surface area contributed by atoms with E-state index >= 15 is 0 Å². The quantitative estimate of drug-likeness (QED) is 0.731. The van der Waals surface area contributed by atoms with Gasteiger partial charge < -0.3 is 15.7 Å². The van der Waals surface area contributed by atoms with Gasteiger partial charge in [-0.3, -0.25) is 0 Å². The van der Waals surface area contributed by atoms with E-state index < -0.39 is 6.10 Å². The molecule has 1 aromatic carbocycles. The zero-order valence-electron chi connectivity index (χ0n) is 12.8. The molecule has 2 aliphatic carbocycles. The third-order valence-corrected chi connectivity index (χ3v) is 4.68. The maximum atomic E-state index is 10.4. The molecule has 2 aliphatic rings. The Labute approximate surface area is 128 Å². The lowest BCUT2D eigenvalue weighted by Gasteiger charge is -2.28. The highest BCUT2D eigenvalue weighted by molar-refractivity contribution is 5.16. The van der Waals surface area contributed by atoms with Crippen LogP contribution in [0.4, 0.5) is 0 Å². The van der Waals surface area contributed by atoms with Crippen LogP contribution in [0.3, 0.4) is 0 Å². The van der Waals surface area contributed by atoms with Gasteiger partial charge in [0, 0.05) is 25.7 Å². The van der Waals surface area contributed by atoms with Crippen molar-refractivity contribution in [2.24, 2.45) is 17.6 Å². The summed E-state index contributed by atoms with van der Waals surface area (Å²) in [7, 11) is 0. The van der Waals surface area contributed by atoms with Crippen molar-refractivity contribution >= 4 is 0 Å². The number of hydrogen-bond donors (Lipinski definition) is 2. The van der Waals surface area contributed by atoms with E-state index in [1.165, 1.54) is 31.2 Å². The van der Waals surface area contributed by atoms with Gasteiger partial charge in [-0.05, 0) is 49.5 Å². The lowest BCUT2D eigenvalue weighted by Crippen LogP contribution is -2.45. The van der Waals surface area contributed by atoms with Gasteiger partial charge in [-0.1, -0.05) is 30.3 Å². The van der Waals surface area contributed by atoms with Gasteiger partial charge in [0.15, 0.2) is 0 Å². The maximum Gasteiger partial charge on any atom is 0.0820 e. The molecule has 0 aromatic heterocycles. The van der Waals surface area contributed by atoms with Gasteiger partial charge >= 0.3 is 0 Å². The van der Waals surface area contributed by atoms with E-state index in [-0.39, 0.29) is 6.04 Å². The van der Waals surface area contributed by atoms with Gasteiger partial charge in [-0.2, -0.15) is 0 Å². The van der Waals surface area contributed by atoms with Crippen molar-refractivity contribution < 1.29 is 5.11 Å². The summed E-state index contributed by atoms with van der Waals surface area (Å²) >= 11 is 0. The minimum Gasteiger partial charge on any atom is -0.390 e. The topological polar surface area (TPSA) is 49.5 Å². The third kappa shape index (κ3) is 5.10. The molecule has 0 saturated heterocycles. The number of benzene rings is 1. The fourth-order valence-corrected chi connectivity index (χ4v) is 2.98. The molecule has 3 nitrogen and oxygen atoms in total. The molecule has 3 rings (SSSR count). The van der Waals surface area contributed by atoms with Crippen LogP contribution in [0.1, 0.15) is 31.2 Å². The fourth-order valence-electron chi connectivity index (χ4n) is 2.98. The molecular formula is C18H28N2O. The van der Waals surface area contributed by atoms with Crippen LogP contribution >= 0.6 is 0 Å². The Morgan fingerprint density at radius 1 is 1.05 bits per heavy atom. The Hall–Kier alpha value is -0.900. The van der Waals surface area contributed by atoms with Crippen LogP contribution < -0.4 is 5.73 Å². The summed E-state index contributed by atoms with van der Waals surface area (Å²) in [6.45, 7) is 3.05. The number of nitrogens with zero attached hydrogens (tertiary/aromatic N) is 1. The van der Waals surface area contributed by atoms with E-state index in [9.17, 15) is 5.11 Å². The summed E-state index contributed by atoms with van der Waals surface area (Å²) in [5, 5.41) is 10.4. The van der Waals surface area contributed by atoms with E-state index in [2.05, 4.69) is 17.0 Å². The van der Waals surface area contributed by atoms with Gasteiger partial charge in [0.1, 0.15) is 0 Å². The lowest BCUT2D eigenvalue weighted by molar-refractivity contribution is 0.0863. The molecule has 3 N–H and O–H groups in total. The van der Waals surface area contributed by atoms with E-state index in [0.29, 0.717) is 0 Å². The monoisotopic (exact) mass is 288 g/mol. The average Bonchev–Trinajstić information content (AvgIpc) is 3.36. The highest BCUT2D eigenvalue weighted by atomic mass is 16.3. The number of rotatable bonds is 9. The largest absolute Gasteiger partial charge is 0.390 e. The van der Waals surface area contributed by atoms with Crippen molar-refractivity contribution in [2.75, 3.05) is 19.6 Å². The van der Waals surface area contributed by atoms with Crippen LogP contribution in [0, 0.1) is 11.8 Å². The Kier molecular flexibility index (Phi) is 4.94. The van der Waals surface area contributed by atoms with Crippen LogP contribution in [0.15, 0.2) is 30.3 Å². The van der Waals surface area contributed by atoms with Crippen molar-refractivity contribution in [2.45, 2.75) is 44.2 Å². The smallest absolute Gasteiger partial charge is 0.0820 e. The predicted molar refractivity (Wildman–Crippen MR) is 86.0 cm³/mol. The molecule has 2 saturated carbocycles. The molecule has 2 fully saturated rings. The van der Waals surface area contributed by atoms with Crippen molar-refractivity contribution in [3.8, 4) is 0 Å². The molecule has 1 aromatic rings. The molecule has 0 aliphatic heterocycles. The van der Waals surface area contributed by atoms with Crippen molar-refractivity contribution in [3.63, 3.8) is 0 Å². The molecule has 0 heterocycles. The molecule has 2 atom stereocenters. The highest BCUT2D eigenvalue weighted by Crippen LogP contribution is 2.33. The van der Waals surface area contributed by atoms with E-state index in [0.717, 1.165) is 37.9 Å². The normalized spacial score (nSPS) is 21.5. The predicted octanol–water partition coefficient (Wildman–Crippen LogP) is 2.04. The van der Waals surface area contributed by atoms with Gasteiger partial charge in [0.25, 0.3) is 0 Å². The first-order valence-corrected chi connectivity index (χ1v) is 8.40. The lowest BCUT2D eigenvalue weighted by atomic mass is 10.0. The molecule has 0 amide bonds. The summed E-state index contributed by atoms with van der Waals surface area (Å²) in [6.07, 6.45) is 5.80. The Morgan fingerprint density at radius 2 is 1.62 bits per heavy atom. The molecule has 2 unspecified atom stereocenters. The number of aliphatic hydroxyl groups excluding tert-OH is 1. The molecule has 0 spiro atoms. The van der Waals surface area contributed by atoms with Crippen LogP contribution in [-0.4, -0.2) is 41.8 Å². The summed E-state index contributed by atoms with van der Waals surface area (Å²) in [5.41, 5.74) is 7.42. The van der Waals surface area contributed by atoms with E-state index in [4.69, 9.17) is 5.73 Å². The van der Waals surface area contributed by atoms with Gasteiger partial charge in [-0.15, -0.1) is 0 Å². The molecule has 0 bridgehead atoms. The Balaban J connectivity index is 1.48. The average molecular weight is 288 g/mol. The zero-order chi connectivity index (χ0) is 14.7. The fraction of sp³-hybridized carbons (Fsp3) is 0.667. The summed E-state index contributed by atoms with van der Waals surface area (Å²) < 4.78 is 0. The Bertz CT molecular complexity index is 414. The van der Waals surface area contributed by atoms with Crippen molar-refractivity contribution in [1.82, 2.24) is 4.90 Å². The zero-order valence-corrected chi connectivity index (χ0v) is 12.8. The minimum absolute atomic E-state index is 0.173.